The van der Waals surface area contributed by atoms with Crippen LogP contribution in [0.25, 0.3) is 0 Å². The van der Waals surface area contributed by atoms with E-state index in [1.165, 1.54) is 191 Å². The molecule has 1 aromatic heterocycles. The van der Waals surface area contributed by atoms with Crippen LogP contribution in [0.1, 0.15) is 267 Å². The zero-order valence-corrected chi connectivity index (χ0v) is 49.5. The van der Waals surface area contributed by atoms with Crippen LogP contribution in [0.15, 0.2) is 36.5 Å². The smallest absolute Gasteiger partial charge is 0.328 e. The van der Waals surface area contributed by atoms with Gasteiger partial charge < -0.3 is 50.4 Å². The Kier molecular flexibility index (Phi) is 39.8. The number of aromatic nitrogens is 3. The molecule has 2 heterocycles. The molecule has 1 aliphatic rings. The van der Waals surface area contributed by atoms with E-state index in [-0.39, 0.29) is 37.6 Å². The highest BCUT2D eigenvalue weighted by molar-refractivity contribution is 5.95. The van der Waals surface area contributed by atoms with Gasteiger partial charge in [-0.05, 0) is 18.4 Å². The fraction of sp³-hybridized carbons (Fsp3) is 0.825. The number of aliphatic hydroxyl groups excluding tert-OH is 5. The van der Waals surface area contributed by atoms with Crippen molar-refractivity contribution in [2.75, 3.05) is 13.7 Å². The van der Waals surface area contributed by atoms with Gasteiger partial charge in [-0.1, -0.05) is 268 Å². The van der Waals surface area contributed by atoms with E-state index < -0.39 is 66.9 Å². The standard InChI is InChI=1S/C63H111N5O11/c1-4-6-8-10-12-14-16-18-19-20-21-22-23-24-25-26-27-28-30-32-34-36-41-45-56(70)64-53(57(71)54(69)44-40-35-33-31-29-17-15-13-11-9-7-5-2)49-78-63-60(74)59(73)58(72)55(79-63)48-68-47-52(66-67-68)61(75)65-51(62(76)77-3)46-50-42-38-37-39-43-50/h37-39,42-43,47,51,53-55,57-60,63,69,71-74H,4-36,40-41,44-46,48-49H2,1-3H3,(H,64,70)(H,65,75)/t51-,53-,54+,55+,57-,58-,59-,60+,63-/m0/s1. The first-order valence-corrected chi connectivity index (χ1v) is 31.8. The highest BCUT2D eigenvalue weighted by Gasteiger charge is 2.45. The van der Waals surface area contributed by atoms with Crippen molar-refractivity contribution in [1.29, 1.82) is 0 Å². The Morgan fingerprint density at radius 2 is 1.06 bits per heavy atom. The Bertz CT molecular complexity index is 1810. The van der Waals surface area contributed by atoms with E-state index in [0.29, 0.717) is 19.3 Å². The van der Waals surface area contributed by atoms with Crippen LogP contribution in [-0.2, 0) is 36.8 Å². The Hall–Kier alpha value is -3.51. The number of methoxy groups -OCH3 is 1. The van der Waals surface area contributed by atoms with Crippen LogP contribution in [0.5, 0.6) is 0 Å². The SMILES string of the molecule is CCCCCCCCCCCCCCCCCCCCCCCCCC(=O)N[C@@H](CO[C@H]1O[C@H](Cn2cc(C(=O)N[C@@H](Cc3ccccc3)C(=O)OC)nn2)[C@H](O)[C@H](O)[C@H]1O)[C@H](O)[C@H](O)CCCCCCCCCCCCCC. The summed E-state index contributed by atoms with van der Waals surface area (Å²) < 4.78 is 18.1. The summed E-state index contributed by atoms with van der Waals surface area (Å²) in [5, 5.41) is 69.1. The Balaban J connectivity index is 1.44. The Morgan fingerprint density at radius 1 is 0.608 bits per heavy atom. The summed E-state index contributed by atoms with van der Waals surface area (Å²) in [5.41, 5.74) is 0.671. The number of benzene rings is 1. The van der Waals surface area contributed by atoms with Crippen molar-refractivity contribution in [3.63, 3.8) is 0 Å². The number of hydrogen-bond acceptors (Lipinski definition) is 13. The predicted octanol–water partition coefficient (Wildman–Crippen LogP) is 11.3. The number of nitrogens with zero attached hydrogens (tertiary/aromatic N) is 3. The van der Waals surface area contributed by atoms with Crippen LogP contribution >= 0.6 is 0 Å². The van der Waals surface area contributed by atoms with E-state index in [9.17, 15) is 39.9 Å². The molecule has 0 radical (unpaired) electrons. The molecule has 454 valence electrons. The summed E-state index contributed by atoms with van der Waals surface area (Å²) in [5.74, 6) is -1.63. The number of hydrogen-bond donors (Lipinski definition) is 7. The molecule has 0 aliphatic carbocycles. The van der Waals surface area contributed by atoms with Gasteiger partial charge in [-0.2, -0.15) is 0 Å². The molecule has 2 amide bonds. The van der Waals surface area contributed by atoms with Gasteiger partial charge in [0.25, 0.3) is 5.91 Å². The third-order valence-corrected chi connectivity index (χ3v) is 15.8. The van der Waals surface area contributed by atoms with Crippen LogP contribution in [0, 0.1) is 0 Å². The molecule has 1 aliphatic heterocycles. The van der Waals surface area contributed by atoms with Crippen molar-refractivity contribution in [2.24, 2.45) is 0 Å². The fourth-order valence-electron chi connectivity index (χ4n) is 10.7. The van der Waals surface area contributed by atoms with Crippen molar-refractivity contribution in [1.82, 2.24) is 25.6 Å². The van der Waals surface area contributed by atoms with Crippen LogP contribution in [0.2, 0.25) is 0 Å². The number of esters is 1. The van der Waals surface area contributed by atoms with E-state index in [4.69, 9.17) is 14.2 Å². The molecule has 3 rings (SSSR count). The van der Waals surface area contributed by atoms with Crippen molar-refractivity contribution >= 4 is 17.8 Å². The van der Waals surface area contributed by atoms with Gasteiger partial charge in [-0.15, -0.1) is 5.10 Å². The van der Waals surface area contributed by atoms with Gasteiger partial charge in [-0.25, -0.2) is 9.48 Å². The monoisotopic (exact) mass is 1110 g/mol. The Labute approximate surface area is 476 Å². The van der Waals surface area contributed by atoms with Crippen LogP contribution < -0.4 is 10.6 Å². The number of amides is 2. The van der Waals surface area contributed by atoms with Crippen LogP contribution in [-0.4, -0.2) is 127 Å². The Morgan fingerprint density at radius 3 is 1.53 bits per heavy atom. The molecule has 16 heteroatoms. The lowest BCUT2D eigenvalue weighted by atomic mass is 9.98. The highest BCUT2D eigenvalue weighted by Crippen LogP contribution is 2.25. The second-order valence-corrected chi connectivity index (χ2v) is 22.9. The normalized spacial score (nSPS) is 19.0. The predicted molar refractivity (Wildman–Crippen MR) is 312 cm³/mol. The molecular weight excluding hydrogens is 1000 g/mol. The molecule has 79 heavy (non-hydrogen) atoms. The van der Waals surface area contributed by atoms with Crippen molar-refractivity contribution in [2.45, 2.75) is 319 Å². The summed E-state index contributed by atoms with van der Waals surface area (Å²) in [6.07, 6.45) is 35.3. The molecule has 1 fully saturated rings. The van der Waals surface area contributed by atoms with E-state index >= 15 is 0 Å². The molecular formula is C63H111N5O11. The van der Waals surface area contributed by atoms with Crippen molar-refractivity contribution in [3.05, 3.63) is 47.8 Å². The maximum Gasteiger partial charge on any atom is 0.328 e. The van der Waals surface area contributed by atoms with Gasteiger partial charge in [0.15, 0.2) is 12.0 Å². The topological polar surface area (TPSA) is 235 Å². The number of aliphatic hydroxyl groups is 5. The molecule has 9 atom stereocenters. The number of ether oxygens (including phenoxy) is 3. The first-order chi connectivity index (χ1) is 38.5. The molecule has 0 saturated carbocycles. The zero-order chi connectivity index (χ0) is 57.1. The number of carbonyl (C=O) groups is 3. The van der Waals surface area contributed by atoms with Gasteiger partial charge >= 0.3 is 5.97 Å². The summed E-state index contributed by atoms with van der Waals surface area (Å²) in [4.78, 5) is 39.2. The number of carbonyl (C=O) groups excluding carboxylic acids is 3. The molecule has 0 spiro atoms. The van der Waals surface area contributed by atoms with E-state index in [1.807, 2.05) is 30.3 Å². The molecule has 2 aromatic rings. The lowest BCUT2D eigenvalue weighted by Crippen LogP contribution is -2.60. The number of unbranched alkanes of at least 4 members (excludes halogenated alkanes) is 33. The lowest BCUT2D eigenvalue weighted by Gasteiger charge is -2.40. The average molecular weight is 1110 g/mol. The molecule has 16 nitrogen and oxygen atoms in total. The first-order valence-electron chi connectivity index (χ1n) is 31.8. The average Bonchev–Trinajstić information content (AvgIpc) is 3.96. The first kappa shape index (κ1) is 69.8. The van der Waals surface area contributed by atoms with Gasteiger partial charge in [0.05, 0.1) is 38.6 Å². The molecule has 0 unspecified atom stereocenters. The highest BCUT2D eigenvalue weighted by atomic mass is 16.7. The fourth-order valence-corrected chi connectivity index (χ4v) is 10.7. The summed E-state index contributed by atoms with van der Waals surface area (Å²) >= 11 is 0. The quantitative estimate of drug-likeness (QED) is 0.0242. The summed E-state index contributed by atoms with van der Waals surface area (Å²) in [7, 11) is 1.23. The lowest BCUT2D eigenvalue weighted by molar-refractivity contribution is -0.301. The van der Waals surface area contributed by atoms with Gasteiger partial charge in [0.2, 0.25) is 5.91 Å². The van der Waals surface area contributed by atoms with Gasteiger partial charge in [0.1, 0.15) is 36.6 Å². The van der Waals surface area contributed by atoms with E-state index in [2.05, 4.69) is 34.8 Å². The second-order valence-electron chi connectivity index (χ2n) is 22.9. The minimum absolute atomic E-state index is 0.133. The van der Waals surface area contributed by atoms with E-state index in [0.717, 1.165) is 44.1 Å². The molecule has 0 bridgehead atoms. The maximum absolute atomic E-state index is 13.4. The summed E-state index contributed by atoms with van der Waals surface area (Å²) in [6.45, 7) is 3.91. The minimum atomic E-state index is -1.72. The molecule has 1 aromatic carbocycles. The second kappa shape index (κ2) is 45.1. The number of nitrogens with one attached hydrogen (secondary N) is 2. The van der Waals surface area contributed by atoms with Gasteiger partial charge in [-0.3, -0.25) is 9.59 Å². The largest absolute Gasteiger partial charge is 0.467 e. The van der Waals surface area contributed by atoms with Crippen molar-refractivity contribution < 1.29 is 54.1 Å². The third kappa shape index (κ3) is 31.5. The zero-order valence-electron chi connectivity index (χ0n) is 49.5. The van der Waals surface area contributed by atoms with Crippen LogP contribution in [0.4, 0.5) is 0 Å². The molecule has 7 N–H and O–H groups in total. The van der Waals surface area contributed by atoms with Crippen molar-refractivity contribution in [3.8, 4) is 0 Å². The van der Waals surface area contributed by atoms with Crippen LogP contribution in [0.3, 0.4) is 0 Å². The third-order valence-electron chi connectivity index (χ3n) is 15.8. The number of rotatable bonds is 50. The van der Waals surface area contributed by atoms with Gasteiger partial charge in [0, 0.05) is 12.8 Å². The van der Waals surface area contributed by atoms with E-state index in [1.54, 1.807) is 0 Å². The maximum atomic E-state index is 13.4. The summed E-state index contributed by atoms with van der Waals surface area (Å²) in [6, 6.07) is 7.05. The molecule has 1 saturated heterocycles. The minimum Gasteiger partial charge on any atom is -0.467 e.